The molecule has 2 aliphatic carbocycles. The second-order valence-electron chi connectivity index (χ2n) is 5.84. The quantitative estimate of drug-likeness (QED) is 0.859. The molecule has 2 aliphatic rings. The number of hydrogen-bond acceptors (Lipinski definition) is 3. The van der Waals surface area contributed by atoms with Crippen LogP contribution in [0.15, 0.2) is 6.07 Å². The lowest BCUT2D eigenvalue weighted by molar-refractivity contribution is 0.0686. The number of carbonyl (C=O) groups is 1. The molecule has 0 spiro atoms. The molecule has 20 heavy (non-hydrogen) atoms. The number of carboxylic acid groups (broad SMARTS) is 1. The molecule has 0 amide bonds. The molecule has 108 valence electrons. The Morgan fingerprint density at radius 3 is 2.60 bits per heavy atom. The highest BCUT2D eigenvalue weighted by Gasteiger charge is 2.23. The molecule has 1 heterocycles. The predicted octanol–water partition coefficient (Wildman–Crippen LogP) is 3.37. The van der Waals surface area contributed by atoms with Gasteiger partial charge in [0.25, 0.3) is 0 Å². The van der Waals surface area contributed by atoms with E-state index in [4.69, 9.17) is 4.74 Å². The highest BCUT2D eigenvalue weighted by Crippen LogP contribution is 2.29. The number of hydrogen-bond donors (Lipinski definition) is 1. The maximum atomic E-state index is 11.4. The lowest BCUT2D eigenvalue weighted by Gasteiger charge is -2.18. The zero-order chi connectivity index (χ0) is 13.9. The molecule has 1 N–H and O–H groups in total. The van der Waals surface area contributed by atoms with Crippen LogP contribution >= 0.6 is 0 Å². The normalized spacial score (nSPS) is 19.4. The molecular weight excluding hydrogens is 254 g/mol. The van der Waals surface area contributed by atoms with Gasteiger partial charge < -0.3 is 9.84 Å². The average Bonchev–Trinajstić information content (AvgIpc) is 2.73. The molecule has 1 aromatic heterocycles. The van der Waals surface area contributed by atoms with Crippen LogP contribution in [-0.4, -0.2) is 22.2 Å². The van der Waals surface area contributed by atoms with E-state index in [2.05, 4.69) is 4.98 Å². The predicted molar refractivity (Wildman–Crippen MR) is 75.3 cm³/mol. The summed E-state index contributed by atoms with van der Waals surface area (Å²) in [6.07, 6.45) is 9.93. The van der Waals surface area contributed by atoms with Crippen molar-refractivity contribution in [2.24, 2.45) is 0 Å². The van der Waals surface area contributed by atoms with Crippen molar-refractivity contribution in [1.29, 1.82) is 0 Å². The minimum absolute atomic E-state index is 0.127. The highest BCUT2D eigenvalue weighted by molar-refractivity contribution is 5.90. The topological polar surface area (TPSA) is 59.4 Å². The summed E-state index contributed by atoms with van der Waals surface area (Å²) in [5, 5.41) is 9.36. The number of nitrogens with zero attached hydrogens (tertiary/aromatic N) is 1. The Hall–Kier alpha value is -1.58. The van der Waals surface area contributed by atoms with Crippen molar-refractivity contribution in [3.05, 3.63) is 22.9 Å². The molecule has 0 radical (unpaired) electrons. The van der Waals surface area contributed by atoms with Crippen LogP contribution < -0.4 is 4.74 Å². The van der Waals surface area contributed by atoms with Crippen molar-refractivity contribution in [2.75, 3.05) is 0 Å². The number of aryl methyl sites for hydroxylation is 2. The van der Waals surface area contributed by atoms with E-state index in [-0.39, 0.29) is 11.7 Å². The van der Waals surface area contributed by atoms with Crippen LogP contribution in [0.1, 0.15) is 66.6 Å². The van der Waals surface area contributed by atoms with Crippen molar-refractivity contribution < 1.29 is 14.6 Å². The van der Waals surface area contributed by atoms with E-state index in [0.29, 0.717) is 5.88 Å². The minimum atomic E-state index is -0.934. The first-order valence-corrected chi connectivity index (χ1v) is 7.67. The molecule has 0 saturated heterocycles. The largest absolute Gasteiger partial charge is 0.477 e. The van der Waals surface area contributed by atoms with Crippen LogP contribution in [0, 0.1) is 0 Å². The second-order valence-corrected chi connectivity index (χ2v) is 5.84. The SMILES string of the molecule is O=C(O)c1cc2c(nc1OC1CCCCCC1)CCC2. The van der Waals surface area contributed by atoms with Gasteiger partial charge in [0.15, 0.2) is 0 Å². The first-order valence-electron chi connectivity index (χ1n) is 7.67. The number of aromatic carboxylic acids is 1. The Morgan fingerprint density at radius 2 is 1.90 bits per heavy atom. The number of rotatable bonds is 3. The van der Waals surface area contributed by atoms with Gasteiger partial charge in [0.1, 0.15) is 11.7 Å². The number of fused-ring (bicyclic) bond motifs is 1. The minimum Gasteiger partial charge on any atom is -0.477 e. The zero-order valence-corrected chi connectivity index (χ0v) is 11.7. The van der Waals surface area contributed by atoms with Gasteiger partial charge in [-0.1, -0.05) is 12.8 Å². The van der Waals surface area contributed by atoms with E-state index < -0.39 is 5.97 Å². The summed E-state index contributed by atoms with van der Waals surface area (Å²) >= 11 is 0. The monoisotopic (exact) mass is 275 g/mol. The summed E-state index contributed by atoms with van der Waals surface area (Å²) in [6.45, 7) is 0. The van der Waals surface area contributed by atoms with Gasteiger partial charge in [0, 0.05) is 5.69 Å². The van der Waals surface area contributed by atoms with Crippen LogP contribution in [0.5, 0.6) is 5.88 Å². The van der Waals surface area contributed by atoms with Gasteiger partial charge in [-0.25, -0.2) is 9.78 Å². The van der Waals surface area contributed by atoms with E-state index in [1.165, 1.54) is 12.8 Å². The van der Waals surface area contributed by atoms with Gasteiger partial charge in [0.2, 0.25) is 5.88 Å². The number of pyridine rings is 1. The van der Waals surface area contributed by atoms with Crippen LogP contribution in [0.4, 0.5) is 0 Å². The molecule has 1 fully saturated rings. The average molecular weight is 275 g/mol. The lowest BCUT2D eigenvalue weighted by Crippen LogP contribution is -2.18. The van der Waals surface area contributed by atoms with Gasteiger partial charge >= 0.3 is 5.97 Å². The Morgan fingerprint density at radius 1 is 1.15 bits per heavy atom. The fourth-order valence-electron chi connectivity index (χ4n) is 3.21. The third-order valence-corrected chi connectivity index (χ3v) is 4.33. The molecule has 3 rings (SSSR count). The first kappa shape index (κ1) is 13.4. The molecular formula is C16H21NO3. The summed E-state index contributed by atoms with van der Waals surface area (Å²) in [4.78, 5) is 15.9. The van der Waals surface area contributed by atoms with Crippen molar-refractivity contribution in [3.8, 4) is 5.88 Å². The fraction of sp³-hybridized carbons (Fsp3) is 0.625. The Bertz CT molecular complexity index is 505. The zero-order valence-electron chi connectivity index (χ0n) is 11.7. The van der Waals surface area contributed by atoms with Crippen LogP contribution in [-0.2, 0) is 12.8 Å². The summed E-state index contributed by atoms with van der Waals surface area (Å²) in [5.74, 6) is -0.596. The van der Waals surface area contributed by atoms with Crippen molar-refractivity contribution in [2.45, 2.75) is 63.9 Å². The van der Waals surface area contributed by atoms with E-state index >= 15 is 0 Å². The van der Waals surface area contributed by atoms with Gasteiger partial charge in [0.05, 0.1) is 0 Å². The molecule has 4 heteroatoms. The van der Waals surface area contributed by atoms with E-state index in [1.807, 2.05) is 0 Å². The maximum absolute atomic E-state index is 11.4. The highest BCUT2D eigenvalue weighted by atomic mass is 16.5. The van der Waals surface area contributed by atoms with Crippen molar-refractivity contribution in [1.82, 2.24) is 4.98 Å². The third kappa shape index (κ3) is 2.79. The van der Waals surface area contributed by atoms with E-state index in [1.54, 1.807) is 6.07 Å². The molecule has 0 unspecified atom stereocenters. The Balaban J connectivity index is 1.85. The number of ether oxygens (including phenoxy) is 1. The van der Waals surface area contributed by atoms with Gasteiger partial charge in [-0.3, -0.25) is 0 Å². The van der Waals surface area contributed by atoms with Crippen molar-refractivity contribution >= 4 is 5.97 Å². The van der Waals surface area contributed by atoms with Gasteiger partial charge in [-0.05, 0) is 56.6 Å². The third-order valence-electron chi connectivity index (χ3n) is 4.33. The molecule has 1 saturated carbocycles. The lowest BCUT2D eigenvalue weighted by atomic mass is 10.1. The first-order chi connectivity index (χ1) is 9.74. The summed E-state index contributed by atoms with van der Waals surface area (Å²) < 4.78 is 5.96. The standard InChI is InChI=1S/C16H21NO3/c18-16(19)13-10-11-6-5-9-14(11)17-15(13)20-12-7-3-1-2-4-8-12/h10,12H,1-9H2,(H,18,19). The Kier molecular flexibility index (Phi) is 3.90. The number of carboxylic acids is 1. The second kappa shape index (κ2) is 5.81. The summed E-state index contributed by atoms with van der Waals surface area (Å²) in [5.41, 5.74) is 2.34. The van der Waals surface area contributed by atoms with E-state index in [9.17, 15) is 9.90 Å². The van der Waals surface area contributed by atoms with Crippen molar-refractivity contribution in [3.63, 3.8) is 0 Å². The Labute approximate surface area is 119 Å². The molecule has 1 aromatic rings. The molecule has 4 nitrogen and oxygen atoms in total. The van der Waals surface area contributed by atoms with Gasteiger partial charge in [-0.15, -0.1) is 0 Å². The maximum Gasteiger partial charge on any atom is 0.341 e. The molecule has 0 bridgehead atoms. The van der Waals surface area contributed by atoms with Crippen LogP contribution in [0.2, 0.25) is 0 Å². The van der Waals surface area contributed by atoms with E-state index in [0.717, 1.165) is 56.2 Å². The van der Waals surface area contributed by atoms with Crippen LogP contribution in [0.25, 0.3) is 0 Å². The smallest absolute Gasteiger partial charge is 0.341 e. The summed E-state index contributed by atoms with van der Waals surface area (Å²) in [6, 6.07) is 1.77. The molecule has 0 atom stereocenters. The van der Waals surface area contributed by atoms with Crippen LogP contribution in [0.3, 0.4) is 0 Å². The summed E-state index contributed by atoms with van der Waals surface area (Å²) in [7, 11) is 0. The fourth-order valence-corrected chi connectivity index (χ4v) is 3.21. The molecule has 0 aliphatic heterocycles. The number of aromatic nitrogens is 1. The molecule has 0 aromatic carbocycles. The van der Waals surface area contributed by atoms with Gasteiger partial charge in [-0.2, -0.15) is 0 Å².